The smallest absolute Gasteiger partial charge is 0.405 e. The summed E-state index contributed by atoms with van der Waals surface area (Å²) >= 11 is 0. The summed E-state index contributed by atoms with van der Waals surface area (Å²) in [6.45, 7) is 3.52. The SMILES string of the molecule is CC(=O)N1c2ccc(-c3noc(CN)n3)cc2[C@H](NC(=O)O)C[C@@H]1C. The molecule has 0 spiro atoms. The van der Waals surface area contributed by atoms with Gasteiger partial charge in [0.25, 0.3) is 0 Å². The Balaban J connectivity index is 2.08. The molecule has 9 nitrogen and oxygen atoms in total. The lowest BCUT2D eigenvalue weighted by molar-refractivity contribution is -0.117. The van der Waals surface area contributed by atoms with Gasteiger partial charge < -0.3 is 25.6 Å². The van der Waals surface area contributed by atoms with E-state index in [2.05, 4.69) is 15.5 Å². The lowest BCUT2D eigenvalue weighted by Crippen LogP contribution is -2.45. The first-order valence-corrected chi connectivity index (χ1v) is 7.87. The molecule has 9 heteroatoms. The van der Waals surface area contributed by atoms with Crippen LogP contribution in [0.15, 0.2) is 22.7 Å². The number of carbonyl (C=O) groups is 2. The van der Waals surface area contributed by atoms with Crippen LogP contribution in [0.2, 0.25) is 0 Å². The predicted octanol–water partition coefficient (Wildman–Crippen LogP) is 1.65. The molecule has 2 amide bonds. The van der Waals surface area contributed by atoms with E-state index < -0.39 is 12.1 Å². The van der Waals surface area contributed by atoms with Gasteiger partial charge in [0.15, 0.2) is 0 Å². The molecule has 25 heavy (non-hydrogen) atoms. The van der Waals surface area contributed by atoms with E-state index in [4.69, 9.17) is 15.4 Å². The van der Waals surface area contributed by atoms with Crippen molar-refractivity contribution in [3.63, 3.8) is 0 Å². The summed E-state index contributed by atoms with van der Waals surface area (Å²) < 4.78 is 5.02. The van der Waals surface area contributed by atoms with Gasteiger partial charge >= 0.3 is 6.09 Å². The summed E-state index contributed by atoms with van der Waals surface area (Å²) in [5, 5.41) is 15.5. The van der Waals surface area contributed by atoms with E-state index in [0.29, 0.717) is 35.0 Å². The molecular weight excluding hydrogens is 326 g/mol. The van der Waals surface area contributed by atoms with Gasteiger partial charge in [-0.3, -0.25) is 4.79 Å². The largest absolute Gasteiger partial charge is 0.465 e. The molecule has 0 fully saturated rings. The molecule has 2 aromatic rings. The lowest BCUT2D eigenvalue weighted by atomic mass is 9.90. The van der Waals surface area contributed by atoms with Crippen molar-refractivity contribution in [2.75, 3.05) is 4.90 Å². The van der Waals surface area contributed by atoms with Crippen LogP contribution in [0.4, 0.5) is 10.5 Å². The topological polar surface area (TPSA) is 135 Å². The molecule has 0 saturated carbocycles. The van der Waals surface area contributed by atoms with Crippen molar-refractivity contribution in [3.05, 3.63) is 29.7 Å². The van der Waals surface area contributed by atoms with Gasteiger partial charge in [0.05, 0.1) is 12.6 Å². The number of carbonyl (C=O) groups excluding carboxylic acids is 1. The molecule has 2 atom stereocenters. The van der Waals surface area contributed by atoms with Gasteiger partial charge in [0.1, 0.15) is 0 Å². The van der Waals surface area contributed by atoms with E-state index >= 15 is 0 Å². The highest BCUT2D eigenvalue weighted by atomic mass is 16.5. The van der Waals surface area contributed by atoms with Crippen LogP contribution < -0.4 is 16.0 Å². The van der Waals surface area contributed by atoms with Crippen LogP contribution in [-0.2, 0) is 11.3 Å². The van der Waals surface area contributed by atoms with Gasteiger partial charge in [-0.15, -0.1) is 0 Å². The third-order valence-corrected chi connectivity index (χ3v) is 4.22. The quantitative estimate of drug-likeness (QED) is 0.769. The molecule has 4 N–H and O–H groups in total. The zero-order valence-corrected chi connectivity index (χ0v) is 13.9. The second-order valence-electron chi connectivity index (χ2n) is 5.97. The fourth-order valence-corrected chi connectivity index (χ4v) is 3.22. The average molecular weight is 345 g/mol. The molecule has 3 rings (SSSR count). The van der Waals surface area contributed by atoms with Crippen molar-refractivity contribution in [2.45, 2.75) is 38.9 Å². The average Bonchev–Trinajstić information content (AvgIpc) is 3.02. The zero-order valence-electron chi connectivity index (χ0n) is 13.9. The molecule has 1 aromatic carbocycles. The Labute approximate surface area is 143 Å². The van der Waals surface area contributed by atoms with E-state index in [1.807, 2.05) is 6.92 Å². The van der Waals surface area contributed by atoms with Crippen molar-refractivity contribution in [2.24, 2.45) is 5.73 Å². The Morgan fingerprint density at radius 1 is 1.48 bits per heavy atom. The highest BCUT2D eigenvalue weighted by Gasteiger charge is 2.33. The van der Waals surface area contributed by atoms with E-state index in [0.717, 1.165) is 0 Å². The summed E-state index contributed by atoms with van der Waals surface area (Å²) in [7, 11) is 0. The molecule has 1 aromatic heterocycles. The zero-order chi connectivity index (χ0) is 18.1. The van der Waals surface area contributed by atoms with Gasteiger partial charge in [-0.1, -0.05) is 5.16 Å². The molecule has 0 radical (unpaired) electrons. The van der Waals surface area contributed by atoms with E-state index in [1.54, 1.807) is 23.1 Å². The molecule has 2 heterocycles. The Hall–Kier alpha value is -2.94. The summed E-state index contributed by atoms with van der Waals surface area (Å²) in [5.74, 6) is 0.581. The van der Waals surface area contributed by atoms with Crippen LogP contribution >= 0.6 is 0 Å². The summed E-state index contributed by atoms with van der Waals surface area (Å²) in [5.41, 5.74) is 7.52. The molecule has 0 aliphatic carbocycles. The van der Waals surface area contributed by atoms with Crippen LogP contribution in [0.25, 0.3) is 11.4 Å². The second-order valence-corrected chi connectivity index (χ2v) is 5.97. The minimum Gasteiger partial charge on any atom is -0.465 e. The number of aromatic nitrogens is 2. The van der Waals surface area contributed by atoms with Gasteiger partial charge in [-0.2, -0.15) is 4.98 Å². The van der Waals surface area contributed by atoms with Crippen LogP contribution in [0.5, 0.6) is 0 Å². The number of nitrogens with one attached hydrogen (secondary N) is 1. The second kappa shape index (κ2) is 6.52. The number of carboxylic acid groups (broad SMARTS) is 1. The van der Waals surface area contributed by atoms with Crippen LogP contribution in [0.1, 0.15) is 37.8 Å². The lowest BCUT2D eigenvalue weighted by Gasteiger charge is -2.39. The Kier molecular flexibility index (Phi) is 4.41. The number of amides is 2. The molecule has 0 saturated heterocycles. The molecule has 1 aliphatic rings. The van der Waals surface area contributed by atoms with Crippen molar-refractivity contribution in [1.82, 2.24) is 15.5 Å². The molecule has 0 bridgehead atoms. The fraction of sp³-hybridized carbons (Fsp3) is 0.375. The number of nitrogens with zero attached hydrogens (tertiary/aromatic N) is 3. The van der Waals surface area contributed by atoms with Gasteiger partial charge in [0.2, 0.25) is 17.6 Å². The number of fused-ring (bicyclic) bond motifs is 1. The fourth-order valence-electron chi connectivity index (χ4n) is 3.22. The molecule has 132 valence electrons. The Morgan fingerprint density at radius 3 is 2.84 bits per heavy atom. The summed E-state index contributed by atoms with van der Waals surface area (Å²) in [6, 6.07) is 4.77. The minimum absolute atomic E-state index is 0.0970. The summed E-state index contributed by atoms with van der Waals surface area (Å²) in [6.07, 6.45) is -0.641. The maximum atomic E-state index is 12.0. The number of nitrogens with two attached hydrogens (primary N) is 1. The van der Waals surface area contributed by atoms with Crippen molar-refractivity contribution in [3.8, 4) is 11.4 Å². The third-order valence-electron chi connectivity index (χ3n) is 4.22. The Morgan fingerprint density at radius 2 is 2.24 bits per heavy atom. The number of hydrogen-bond donors (Lipinski definition) is 3. The first kappa shape index (κ1) is 16.9. The molecule has 0 unspecified atom stereocenters. The van der Waals surface area contributed by atoms with E-state index in [9.17, 15) is 9.59 Å². The van der Waals surface area contributed by atoms with Gasteiger partial charge in [0, 0.05) is 24.2 Å². The standard InChI is InChI=1S/C16H19N5O4/c1-8-5-12(18-16(23)24)11-6-10(15-19-14(7-17)25-20-15)3-4-13(11)21(8)9(2)22/h3-4,6,8,12,18H,5,7,17H2,1-2H3,(H,23,24)/t8-,12+/m0/s1. The molecule has 1 aliphatic heterocycles. The maximum absolute atomic E-state index is 12.0. The number of rotatable bonds is 3. The first-order chi connectivity index (χ1) is 11.9. The monoisotopic (exact) mass is 345 g/mol. The van der Waals surface area contributed by atoms with Crippen molar-refractivity contribution >= 4 is 17.7 Å². The van der Waals surface area contributed by atoms with Gasteiger partial charge in [-0.25, -0.2) is 4.79 Å². The number of benzene rings is 1. The third kappa shape index (κ3) is 3.18. The van der Waals surface area contributed by atoms with Gasteiger partial charge in [-0.05, 0) is 37.1 Å². The Bertz CT molecular complexity index is 819. The highest BCUT2D eigenvalue weighted by molar-refractivity contribution is 5.94. The van der Waals surface area contributed by atoms with E-state index in [-0.39, 0.29) is 18.5 Å². The normalized spacial score (nSPS) is 19.4. The van der Waals surface area contributed by atoms with Crippen LogP contribution in [0, 0.1) is 0 Å². The van der Waals surface area contributed by atoms with Crippen LogP contribution in [-0.4, -0.2) is 33.3 Å². The van der Waals surface area contributed by atoms with Crippen LogP contribution in [0.3, 0.4) is 0 Å². The minimum atomic E-state index is -1.12. The number of anilines is 1. The molecular formula is C16H19N5O4. The van der Waals surface area contributed by atoms with E-state index in [1.165, 1.54) is 6.92 Å². The maximum Gasteiger partial charge on any atom is 0.405 e. The predicted molar refractivity (Wildman–Crippen MR) is 88.8 cm³/mol. The highest BCUT2D eigenvalue weighted by Crippen LogP contribution is 2.39. The van der Waals surface area contributed by atoms with Crippen molar-refractivity contribution in [1.29, 1.82) is 0 Å². The van der Waals surface area contributed by atoms with Crippen molar-refractivity contribution < 1.29 is 19.2 Å². The first-order valence-electron chi connectivity index (χ1n) is 7.87. The summed E-state index contributed by atoms with van der Waals surface area (Å²) in [4.78, 5) is 29.0. The number of hydrogen-bond acceptors (Lipinski definition) is 6.